The van der Waals surface area contributed by atoms with Gasteiger partial charge in [-0.3, -0.25) is 19.2 Å². The van der Waals surface area contributed by atoms with Crippen LogP contribution >= 0.6 is 0 Å². The Labute approximate surface area is 193 Å². The molecule has 1 saturated carbocycles. The third-order valence-corrected chi connectivity index (χ3v) is 5.79. The van der Waals surface area contributed by atoms with Crippen LogP contribution in [0, 0.1) is 5.92 Å². The van der Waals surface area contributed by atoms with Gasteiger partial charge in [-0.15, -0.1) is 0 Å². The van der Waals surface area contributed by atoms with E-state index in [1.807, 2.05) is 6.92 Å². The van der Waals surface area contributed by atoms with Crippen LogP contribution in [0.25, 0.3) is 5.43 Å². The zero-order valence-electron chi connectivity index (χ0n) is 18.3. The van der Waals surface area contributed by atoms with Crippen LogP contribution in [0.5, 0.6) is 0 Å². The van der Waals surface area contributed by atoms with Crippen LogP contribution in [0.15, 0.2) is 24.3 Å². The first-order chi connectivity index (χ1) is 15.8. The lowest BCUT2D eigenvalue weighted by Crippen LogP contribution is -2.48. The number of hydrogen-bond acceptors (Lipinski definition) is 5. The monoisotopic (exact) mass is 484 g/mol. The van der Waals surface area contributed by atoms with E-state index in [4.69, 9.17) is 10.8 Å². The van der Waals surface area contributed by atoms with E-state index in [0.29, 0.717) is 12.0 Å². The van der Waals surface area contributed by atoms with Crippen molar-refractivity contribution in [3.8, 4) is 0 Å². The molecular weight excluding hydrogens is 459 g/mol. The molecule has 186 valence electrons. The number of carbonyl (C=O) groups excluding carboxylic acids is 3. The summed E-state index contributed by atoms with van der Waals surface area (Å²) in [6.45, 7) is 1.19. The third-order valence-electron chi connectivity index (χ3n) is 5.79. The zero-order valence-corrected chi connectivity index (χ0v) is 18.3. The SMILES string of the molecule is CC1C[C@@H]1N1[N-]C1(c1ccc(CC(=O)NC(CCC(N)=O)C(=O)NCC(=O)O)cc1)C(F)(F)F. The highest BCUT2D eigenvalue weighted by Crippen LogP contribution is 2.65. The number of primary amides is 1. The number of nitrogens with two attached hydrogens (primary N) is 1. The van der Waals surface area contributed by atoms with E-state index in [0.717, 1.165) is 5.01 Å². The Bertz CT molecular complexity index is 971. The first-order valence-corrected chi connectivity index (χ1v) is 10.6. The van der Waals surface area contributed by atoms with Crippen molar-refractivity contribution >= 4 is 23.7 Å². The summed E-state index contributed by atoms with van der Waals surface area (Å²) in [7, 11) is 0. The number of aliphatic carboxylic acids is 1. The van der Waals surface area contributed by atoms with Gasteiger partial charge in [0.1, 0.15) is 12.6 Å². The predicted molar refractivity (Wildman–Crippen MR) is 112 cm³/mol. The molecule has 1 aromatic rings. The summed E-state index contributed by atoms with van der Waals surface area (Å²) < 4.78 is 41.4. The maximum atomic E-state index is 13.8. The molecule has 2 fully saturated rings. The lowest BCUT2D eigenvalue weighted by Gasteiger charge is -2.28. The predicted octanol–water partition coefficient (Wildman–Crippen LogP) is 0.908. The Hall–Kier alpha value is -3.19. The second-order valence-electron chi connectivity index (χ2n) is 8.51. The van der Waals surface area contributed by atoms with E-state index in [1.54, 1.807) is 0 Å². The lowest BCUT2D eigenvalue weighted by molar-refractivity contribution is -0.173. The summed E-state index contributed by atoms with van der Waals surface area (Å²) in [6.07, 6.45) is -4.56. The van der Waals surface area contributed by atoms with E-state index in [1.165, 1.54) is 24.3 Å². The van der Waals surface area contributed by atoms with Gasteiger partial charge in [0.15, 0.2) is 0 Å². The molecule has 1 aromatic carbocycles. The van der Waals surface area contributed by atoms with Gasteiger partial charge in [0.05, 0.1) is 6.42 Å². The number of nitrogens with zero attached hydrogens (tertiary/aromatic N) is 2. The lowest BCUT2D eigenvalue weighted by atomic mass is 10.00. The van der Waals surface area contributed by atoms with Gasteiger partial charge in [-0.2, -0.15) is 13.2 Å². The molecule has 5 N–H and O–H groups in total. The molecule has 0 radical (unpaired) electrons. The van der Waals surface area contributed by atoms with Crippen molar-refractivity contribution in [1.82, 2.24) is 15.6 Å². The molecular formula is C21H25F3N5O5-. The largest absolute Gasteiger partial charge is 0.566 e. The van der Waals surface area contributed by atoms with Crippen molar-refractivity contribution in [2.45, 2.75) is 56.5 Å². The summed E-state index contributed by atoms with van der Waals surface area (Å²) in [6, 6.07) is 3.87. The minimum absolute atomic E-state index is 0.0457. The number of carbonyl (C=O) groups is 4. The highest BCUT2D eigenvalue weighted by atomic mass is 19.4. The summed E-state index contributed by atoms with van der Waals surface area (Å²) in [5.74, 6) is -3.29. The van der Waals surface area contributed by atoms with E-state index >= 15 is 0 Å². The maximum Gasteiger partial charge on any atom is 0.391 e. The van der Waals surface area contributed by atoms with Crippen LogP contribution in [0.1, 0.15) is 37.3 Å². The number of alkyl halides is 3. The highest BCUT2D eigenvalue weighted by molar-refractivity contribution is 5.90. The average molecular weight is 484 g/mol. The molecule has 1 aliphatic carbocycles. The molecule has 0 spiro atoms. The van der Waals surface area contributed by atoms with Crippen molar-refractivity contribution in [2.24, 2.45) is 11.7 Å². The summed E-state index contributed by atoms with van der Waals surface area (Å²) in [5, 5.41) is 14.3. The molecule has 34 heavy (non-hydrogen) atoms. The minimum Gasteiger partial charge on any atom is -0.566 e. The van der Waals surface area contributed by atoms with Crippen molar-refractivity contribution in [3.05, 3.63) is 40.8 Å². The van der Waals surface area contributed by atoms with E-state index in [-0.39, 0.29) is 36.8 Å². The Morgan fingerprint density at radius 3 is 2.38 bits per heavy atom. The second kappa shape index (κ2) is 9.58. The molecule has 4 unspecified atom stereocenters. The first kappa shape index (κ1) is 25.4. The Kier molecular flexibility index (Phi) is 7.17. The van der Waals surface area contributed by atoms with Gasteiger partial charge in [0.25, 0.3) is 0 Å². The highest BCUT2D eigenvalue weighted by Gasteiger charge is 2.63. The van der Waals surface area contributed by atoms with Crippen molar-refractivity contribution in [1.29, 1.82) is 0 Å². The number of carboxylic acid groups (broad SMARTS) is 1. The van der Waals surface area contributed by atoms with E-state index < -0.39 is 48.1 Å². The number of amides is 3. The Morgan fingerprint density at radius 1 is 1.26 bits per heavy atom. The smallest absolute Gasteiger partial charge is 0.391 e. The topological polar surface area (TPSA) is 156 Å². The molecule has 0 aromatic heterocycles. The minimum atomic E-state index is -4.59. The number of nitrogens with one attached hydrogen (secondary N) is 2. The summed E-state index contributed by atoms with van der Waals surface area (Å²) in [5.41, 5.74) is 6.81. The van der Waals surface area contributed by atoms with Gasteiger partial charge in [-0.1, -0.05) is 31.2 Å². The van der Waals surface area contributed by atoms with Gasteiger partial charge in [-0.05, 0) is 35.9 Å². The summed E-state index contributed by atoms with van der Waals surface area (Å²) in [4.78, 5) is 46.3. The van der Waals surface area contributed by atoms with E-state index in [9.17, 15) is 32.3 Å². The van der Waals surface area contributed by atoms with Gasteiger partial charge >= 0.3 is 12.1 Å². The fourth-order valence-electron chi connectivity index (χ4n) is 3.76. The van der Waals surface area contributed by atoms with Gasteiger partial charge in [0.2, 0.25) is 17.7 Å². The molecule has 1 heterocycles. The number of benzene rings is 1. The zero-order chi connectivity index (χ0) is 25.3. The number of halogens is 3. The van der Waals surface area contributed by atoms with Gasteiger partial charge in [0, 0.05) is 12.1 Å². The fraction of sp³-hybridized carbons (Fsp3) is 0.524. The summed E-state index contributed by atoms with van der Waals surface area (Å²) >= 11 is 0. The molecule has 1 aliphatic heterocycles. The normalized spacial score (nSPS) is 26.3. The number of rotatable bonds is 11. The Morgan fingerprint density at radius 2 is 1.88 bits per heavy atom. The standard InChI is InChI=1S/C21H25F3N5O5/c1-11-8-15(11)29-20(28-29,21(22,23)24)13-4-2-12(3-5-13)9-17(31)27-14(6-7-16(25)30)19(34)26-10-18(32)33/h2-5,11,14-15H,6-10H2,1H3,(H2,25,30)(H,26,34)(H,27,31)(H,32,33)/q-1/t11?,14?,15-,20?,29?/m0/s1. The molecule has 5 atom stereocenters. The molecule has 2 aliphatic rings. The van der Waals surface area contributed by atoms with Crippen LogP contribution in [0.3, 0.4) is 0 Å². The second-order valence-corrected chi connectivity index (χ2v) is 8.51. The van der Waals surface area contributed by atoms with Gasteiger partial charge < -0.3 is 31.9 Å². The van der Waals surface area contributed by atoms with Crippen LogP contribution < -0.4 is 16.4 Å². The van der Waals surface area contributed by atoms with Gasteiger partial charge in [-0.25, -0.2) is 0 Å². The molecule has 0 bridgehead atoms. The van der Waals surface area contributed by atoms with Crippen LogP contribution in [-0.4, -0.2) is 58.6 Å². The third kappa shape index (κ3) is 5.65. The molecule has 13 heteroatoms. The molecule has 1 saturated heterocycles. The Balaban J connectivity index is 1.64. The number of hydrogen-bond donors (Lipinski definition) is 4. The van der Waals surface area contributed by atoms with E-state index in [2.05, 4.69) is 16.1 Å². The fourth-order valence-corrected chi connectivity index (χ4v) is 3.76. The molecule has 3 rings (SSSR count). The average Bonchev–Trinajstić information content (AvgIpc) is 3.64. The van der Waals surface area contributed by atoms with Crippen LogP contribution in [-0.2, 0) is 31.3 Å². The van der Waals surface area contributed by atoms with Crippen molar-refractivity contribution in [2.75, 3.05) is 6.54 Å². The maximum absolute atomic E-state index is 13.8. The molecule has 3 amide bonds. The first-order valence-electron chi connectivity index (χ1n) is 10.6. The molecule has 10 nitrogen and oxygen atoms in total. The van der Waals surface area contributed by atoms with Crippen molar-refractivity contribution in [3.63, 3.8) is 0 Å². The van der Waals surface area contributed by atoms with Crippen molar-refractivity contribution < 1.29 is 37.5 Å². The van der Waals surface area contributed by atoms with Crippen LogP contribution in [0.2, 0.25) is 0 Å². The number of carboxylic acids is 1. The quantitative estimate of drug-likeness (QED) is 0.342. The van der Waals surface area contributed by atoms with Crippen LogP contribution in [0.4, 0.5) is 13.2 Å².